The molecule has 1 aliphatic heterocycles. The second-order valence-corrected chi connectivity index (χ2v) is 6.60. The lowest BCUT2D eigenvalue weighted by molar-refractivity contribution is -0.136. The van der Waals surface area contributed by atoms with E-state index >= 15 is 0 Å². The smallest absolute Gasteiger partial charge is 0.337 e. The maximum Gasteiger partial charge on any atom is 0.417 e. The van der Waals surface area contributed by atoms with Gasteiger partial charge in [-0.3, -0.25) is 9.89 Å². The molecule has 1 fully saturated rings. The normalized spacial score (nSPS) is 18.2. The van der Waals surface area contributed by atoms with Crippen molar-refractivity contribution in [1.82, 2.24) is 25.2 Å². The van der Waals surface area contributed by atoms with Crippen LogP contribution in [0.15, 0.2) is 22.9 Å². The summed E-state index contributed by atoms with van der Waals surface area (Å²) in [6.07, 6.45) is -1.77. The van der Waals surface area contributed by atoms with E-state index < -0.39 is 11.7 Å². The van der Waals surface area contributed by atoms with E-state index in [1.165, 1.54) is 13.1 Å². The number of fused-ring (bicyclic) bond motifs is 1. The lowest BCUT2D eigenvalue weighted by Crippen LogP contribution is -2.39. The molecule has 4 rings (SSSR count). The van der Waals surface area contributed by atoms with Crippen molar-refractivity contribution in [3.05, 3.63) is 41.0 Å². The van der Waals surface area contributed by atoms with Crippen LogP contribution in [0.25, 0.3) is 11.1 Å². The summed E-state index contributed by atoms with van der Waals surface area (Å²) in [5.74, 6) is -0.550. The van der Waals surface area contributed by atoms with Crippen LogP contribution in [0.4, 0.5) is 13.2 Å². The van der Waals surface area contributed by atoms with Gasteiger partial charge in [-0.1, -0.05) is 5.16 Å². The fourth-order valence-electron chi connectivity index (χ4n) is 3.49. The monoisotopic (exact) mass is 379 g/mol. The van der Waals surface area contributed by atoms with Crippen molar-refractivity contribution in [2.24, 2.45) is 0 Å². The Balaban J connectivity index is 1.68. The number of likely N-dealkylation sites (tertiary alicyclic amines) is 1. The van der Waals surface area contributed by atoms with Gasteiger partial charge in [0.15, 0.2) is 0 Å². The van der Waals surface area contributed by atoms with Crippen LogP contribution in [0.1, 0.15) is 46.2 Å². The summed E-state index contributed by atoms with van der Waals surface area (Å²) in [5.41, 5.74) is -0.183. The highest BCUT2D eigenvalue weighted by Crippen LogP contribution is 2.38. The number of nitrogens with zero attached hydrogens (tertiary/aromatic N) is 4. The zero-order valence-corrected chi connectivity index (χ0v) is 14.4. The molecule has 7 nitrogen and oxygen atoms in total. The van der Waals surface area contributed by atoms with Crippen LogP contribution >= 0.6 is 0 Å². The summed E-state index contributed by atoms with van der Waals surface area (Å²) in [7, 11) is 0. The van der Waals surface area contributed by atoms with Crippen molar-refractivity contribution in [2.75, 3.05) is 13.1 Å². The predicted molar refractivity (Wildman–Crippen MR) is 88.0 cm³/mol. The van der Waals surface area contributed by atoms with Crippen molar-refractivity contribution in [1.29, 1.82) is 0 Å². The SMILES string of the molecule is Cc1noc2nc([C@@H]3CCCN(C(=O)c4ccn[nH]4)C3)cc(C(F)(F)F)c12. The molecule has 0 aromatic carbocycles. The van der Waals surface area contributed by atoms with E-state index in [0.29, 0.717) is 25.1 Å². The number of aromatic nitrogens is 4. The van der Waals surface area contributed by atoms with Crippen LogP contribution in [0.5, 0.6) is 0 Å². The summed E-state index contributed by atoms with van der Waals surface area (Å²) in [5, 5.41) is 9.88. The number of carbonyl (C=O) groups excluding carboxylic acids is 1. The number of aryl methyl sites for hydroxylation is 1. The van der Waals surface area contributed by atoms with Gasteiger partial charge < -0.3 is 9.42 Å². The van der Waals surface area contributed by atoms with Gasteiger partial charge in [-0.15, -0.1) is 0 Å². The lowest BCUT2D eigenvalue weighted by Gasteiger charge is -2.32. The number of H-pyrrole nitrogens is 1. The summed E-state index contributed by atoms with van der Waals surface area (Å²) in [4.78, 5) is 18.4. The molecule has 4 heterocycles. The van der Waals surface area contributed by atoms with Crippen molar-refractivity contribution < 1.29 is 22.5 Å². The van der Waals surface area contributed by atoms with Crippen molar-refractivity contribution in [2.45, 2.75) is 31.9 Å². The third-order valence-electron chi connectivity index (χ3n) is 4.80. The first-order valence-corrected chi connectivity index (χ1v) is 8.47. The number of carbonyl (C=O) groups is 1. The molecule has 1 amide bonds. The topological polar surface area (TPSA) is 87.9 Å². The maximum absolute atomic E-state index is 13.5. The van der Waals surface area contributed by atoms with Crippen LogP contribution in [-0.4, -0.2) is 44.2 Å². The number of halogens is 3. The summed E-state index contributed by atoms with van der Waals surface area (Å²) < 4.78 is 45.6. The Hall–Kier alpha value is -2.91. The number of nitrogens with one attached hydrogen (secondary N) is 1. The predicted octanol–water partition coefficient (Wildman–Crippen LogP) is 3.29. The molecule has 3 aromatic heterocycles. The Morgan fingerprint density at radius 2 is 2.22 bits per heavy atom. The minimum Gasteiger partial charge on any atom is -0.337 e. The van der Waals surface area contributed by atoms with Gasteiger partial charge in [0.1, 0.15) is 5.69 Å². The number of hydrogen-bond donors (Lipinski definition) is 1. The Bertz CT molecular complexity index is 981. The van der Waals surface area contributed by atoms with Crippen LogP contribution in [0.2, 0.25) is 0 Å². The third-order valence-corrected chi connectivity index (χ3v) is 4.80. The molecule has 1 saturated heterocycles. The molecule has 1 N–H and O–H groups in total. The van der Waals surface area contributed by atoms with Gasteiger partial charge >= 0.3 is 6.18 Å². The van der Waals surface area contributed by atoms with E-state index in [4.69, 9.17) is 4.52 Å². The number of rotatable bonds is 2. The highest BCUT2D eigenvalue weighted by molar-refractivity contribution is 5.92. The van der Waals surface area contributed by atoms with E-state index in [1.807, 2.05) is 0 Å². The molecule has 0 unspecified atom stereocenters. The molecule has 10 heteroatoms. The van der Waals surface area contributed by atoms with Crippen molar-refractivity contribution in [3.8, 4) is 0 Å². The van der Waals surface area contributed by atoms with Gasteiger partial charge in [-0.2, -0.15) is 18.3 Å². The van der Waals surface area contributed by atoms with Gasteiger partial charge in [0.25, 0.3) is 11.6 Å². The van der Waals surface area contributed by atoms with E-state index in [-0.39, 0.29) is 40.9 Å². The second kappa shape index (κ2) is 6.36. The molecule has 0 radical (unpaired) electrons. The molecular formula is C17H16F3N5O2. The van der Waals surface area contributed by atoms with Crippen LogP contribution in [0.3, 0.4) is 0 Å². The van der Waals surface area contributed by atoms with Gasteiger partial charge in [0.05, 0.1) is 22.3 Å². The fourth-order valence-corrected chi connectivity index (χ4v) is 3.49. The number of aromatic amines is 1. The third kappa shape index (κ3) is 3.15. The van der Waals surface area contributed by atoms with Crippen LogP contribution < -0.4 is 0 Å². The Kier molecular flexibility index (Phi) is 4.12. The first-order valence-electron chi connectivity index (χ1n) is 8.47. The standard InChI is InChI=1S/C17H16F3N5O2/c1-9-14-11(17(18,19)20)7-13(22-15(14)27-24-9)10-3-2-6-25(8-10)16(26)12-4-5-21-23-12/h4-5,7,10H,2-3,6,8H2,1H3,(H,21,23)/t10-/m1/s1. The summed E-state index contributed by atoms with van der Waals surface area (Å²) in [6.45, 7) is 2.26. The molecule has 142 valence electrons. The second-order valence-electron chi connectivity index (χ2n) is 6.60. The average Bonchev–Trinajstić information content (AvgIpc) is 3.30. The fraction of sp³-hybridized carbons (Fsp3) is 0.412. The molecule has 1 atom stereocenters. The molecule has 3 aromatic rings. The molecular weight excluding hydrogens is 363 g/mol. The maximum atomic E-state index is 13.5. The minimum absolute atomic E-state index is 0.118. The zero-order chi connectivity index (χ0) is 19.2. The Morgan fingerprint density at radius 3 is 2.93 bits per heavy atom. The highest BCUT2D eigenvalue weighted by Gasteiger charge is 2.37. The number of alkyl halides is 3. The number of pyridine rings is 1. The van der Waals surface area contributed by atoms with Gasteiger partial charge in [-0.05, 0) is 31.9 Å². The molecule has 0 spiro atoms. The zero-order valence-electron chi connectivity index (χ0n) is 14.4. The van der Waals surface area contributed by atoms with Gasteiger partial charge in [0.2, 0.25) is 0 Å². The van der Waals surface area contributed by atoms with Gasteiger partial charge in [0, 0.05) is 25.2 Å². The number of piperidine rings is 1. The summed E-state index contributed by atoms with van der Waals surface area (Å²) >= 11 is 0. The van der Waals surface area contributed by atoms with Gasteiger partial charge in [-0.25, -0.2) is 4.98 Å². The number of hydrogen-bond acceptors (Lipinski definition) is 5. The van der Waals surface area contributed by atoms with Crippen molar-refractivity contribution in [3.63, 3.8) is 0 Å². The lowest BCUT2D eigenvalue weighted by atomic mass is 9.92. The quantitative estimate of drug-likeness (QED) is 0.738. The van der Waals surface area contributed by atoms with Crippen LogP contribution in [-0.2, 0) is 6.18 Å². The number of amides is 1. The average molecular weight is 379 g/mol. The van der Waals surface area contributed by atoms with E-state index in [2.05, 4.69) is 20.3 Å². The first kappa shape index (κ1) is 17.5. The van der Waals surface area contributed by atoms with E-state index in [1.54, 1.807) is 11.0 Å². The van der Waals surface area contributed by atoms with Crippen molar-refractivity contribution >= 4 is 17.0 Å². The molecule has 0 aliphatic carbocycles. The molecule has 1 aliphatic rings. The van der Waals surface area contributed by atoms with E-state index in [0.717, 1.165) is 6.07 Å². The largest absolute Gasteiger partial charge is 0.417 e. The Labute approximate surface area is 151 Å². The van der Waals surface area contributed by atoms with Crippen LogP contribution in [0, 0.1) is 6.92 Å². The minimum atomic E-state index is -4.55. The molecule has 0 bridgehead atoms. The van der Waals surface area contributed by atoms with E-state index in [9.17, 15) is 18.0 Å². The first-order chi connectivity index (χ1) is 12.8. The Morgan fingerprint density at radius 1 is 1.41 bits per heavy atom. The highest BCUT2D eigenvalue weighted by atomic mass is 19.4. The molecule has 27 heavy (non-hydrogen) atoms. The summed E-state index contributed by atoms with van der Waals surface area (Å²) in [6, 6.07) is 2.62. The molecule has 0 saturated carbocycles.